The quantitative estimate of drug-likeness (QED) is 0.145. The Morgan fingerprint density at radius 1 is 0.953 bits per heavy atom. The van der Waals surface area contributed by atoms with E-state index in [0.29, 0.717) is 49.4 Å². The summed E-state index contributed by atoms with van der Waals surface area (Å²) in [6.07, 6.45) is 16.7. The minimum Gasteiger partial charge on any atom is -0.492 e. The molecule has 2 bridgehead atoms. The number of hydrogen-bond donors (Lipinski definition) is 1. The van der Waals surface area contributed by atoms with Crippen LogP contribution in [0.2, 0.25) is 0 Å². The number of pyridine rings is 2. The first-order chi connectivity index (χ1) is 31.0. The number of aromatic nitrogens is 2. The van der Waals surface area contributed by atoms with Gasteiger partial charge in [-0.2, -0.15) is 0 Å². The number of fused-ring (bicyclic) bond motifs is 5. The zero-order chi connectivity index (χ0) is 44.4. The fraction of sp³-hybridized carbons (Fsp3) is 0.560. The molecule has 2 aliphatic heterocycles. The lowest BCUT2D eigenvalue weighted by Crippen LogP contribution is -2.47. The topological polar surface area (TPSA) is 171 Å². The Morgan fingerprint density at radius 2 is 1.75 bits per heavy atom. The van der Waals surface area contributed by atoms with Gasteiger partial charge in [-0.25, -0.2) is 13.4 Å². The highest BCUT2D eigenvalue weighted by Gasteiger charge is 2.61. The summed E-state index contributed by atoms with van der Waals surface area (Å²) in [4.78, 5) is 68.8. The lowest BCUT2D eigenvalue weighted by Gasteiger charge is -2.31. The third-order valence-corrected chi connectivity index (χ3v) is 16.5. The number of sulfonamides is 1. The number of para-hydroxylation sites is 1. The maximum Gasteiger partial charge on any atom is 0.306 e. The number of carbonyl (C=O) groups is 4. The molecule has 64 heavy (non-hydrogen) atoms. The third-order valence-electron chi connectivity index (χ3n) is 14.7. The van der Waals surface area contributed by atoms with Crippen LogP contribution < -0.4 is 14.2 Å². The minimum absolute atomic E-state index is 0.0521. The van der Waals surface area contributed by atoms with Crippen LogP contribution >= 0.6 is 0 Å². The average molecular weight is 893 g/mol. The number of benzene rings is 1. The van der Waals surface area contributed by atoms with Gasteiger partial charge in [0.25, 0.3) is 0 Å². The normalized spacial score (nSPS) is 29.4. The number of Topliss-reactive ketones (excluding diaryl/α,β-unsaturated/α-hetero) is 1. The maximum absolute atomic E-state index is 15.2. The maximum atomic E-state index is 15.2. The Kier molecular flexibility index (Phi) is 12.9. The summed E-state index contributed by atoms with van der Waals surface area (Å²) in [6, 6.07) is 12.6. The number of amides is 2. The van der Waals surface area contributed by atoms with Crippen molar-refractivity contribution < 1.29 is 41.8 Å². The van der Waals surface area contributed by atoms with E-state index in [4.69, 9.17) is 19.2 Å². The first-order valence-electron chi connectivity index (χ1n) is 23.5. The highest BCUT2D eigenvalue weighted by atomic mass is 32.2. The monoisotopic (exact) mass is 892 g/mol. The Bertz CT molecular complexity index is 2400. The molecule has 0 radical (unpaired) electrons. The van der Waals surface area contributed by atoms with Gasteiger partial charge in [0.2, 0.25) is 27.7 Å². The van der Waals surface area contributed by atoms with Gasteiger partial charge < -0.3 is 19.1 Å². The SMILES string of the molecule is C=C[C@@H]1C[C@]1(CC(=O)[C@@H]1C[C@@H]2CN1C(=O)[C@H](C1CCCC1)CC(=O)O[C@@H]1CCC[C@H]1CC/C=C/Cc1c(nc3ccccc3c1OCCc1ccccn1)O2)C(=O)NS(=O)(=O)C1CC1. The number of ketones is 1. The van der Waals surface area contributed by atoms with E-state index in [1.54, 1.807) is 17.2 Å². The van der Waals surface area contributed by atoms with Crippen molar-refractivity contribution in [1.29, 1.82) is 0 Å². The van der Waals surface area contributed by atoms with Crippen molar-refractivity contribution in [3.8, 4) is 11.6 Å². The van der Waals surface area contributed by atoms with Crippen LogP contribution in [-0.2, 0) is 46.8 Å². The van der Waals surface area contributed by atoms with Crippen LogP contribution in [0.25, 0.3) is 10.9 Å². The molecular formula is C50H60N4O9S. The molecule has 4 aliphatic carbocycles. The Morgan fingerprint density at radius 3 is 2.52 bits per heavy atom. The van der Waals surface area contributed by atoms with Gasteiger partial charge >= 0.3 is 5.97 Å². The van der Waals surface area contributed by atoms with Crippen LogP contribution in [0.1, 0.15) is 108 Å². The summed E-state index contributed by atoms with van der Waals surface area (Å²) in [5.41, 5.74) is 1.03. The predicted molar refractivity (Wildman–Crippen MR) is 240 cm³/mol. The van der Waals surface area contributed by atoms with E-state index in [0.717, 1.165) is 74.4 Å². The molecule has 5 fully saturated rings. The molecule has 4 heterocycles. The van der Waals surface area contributed by atoms with Crippen LogP contribution in [0.5, 0.6) is 11.6 Å². The molecule has 1 saturated heterocycles. The second kappa shape index (κ2) is 18.8. The summed E-state index contributed by atoms with van der Waals surface area (Å²) in [5, 5.41) is 0.222. The summed E-state index contributed by atoms with van der Waals surface area (Å²) in [7, 11) is -3.87. The van der Waals surface area contributed by atoms with Crippen LogP contribution in [-0.4, -0.2) is 83.5 Å². The smallest absolute Gasteiger partial charge is 0.306 e. The molecule has 3 aromatic rings. The van der Waals surface area contributed by atoms with E-state index in [1.165, 1.54) is 0 Å². The third kappa shape index (κ3) is 9.48. The first-order valence-corrected chi connectivity index (χ1v) is 25.0. The zero-order valence-electron chi connectivity index (χ0n) is 36.5. The summed E-state index contributed by atoms with van der Waals surface area (Å²) >= 11 is 0. The largest absolute Gasteiger partial charge is 0.492 e. The Balaban J connectivity index is 1.07. The summed E-state index contributed by atoms with van der Waals surface area (Å²) < 4.78 is 47.9. The number of carbonyl (C=O) groups excluding carboxylic acids is 4. The van der Waals surface area contributed by atoms with Gasteiger partial charge in [0.05, 0.1) is 53.3 Å². The average Bonchev–Trinajstić information content (AvgIpc) is 4.08. The van der Waals surface area contributed by atoms with E-state index in [2.05, 4.69) is 28.4 Å². The van der Waals surface area contributed by atoms with Crippen molar-refractivity contribution in [3.05, 3.63) is 84.7 Å². The second-order valence-corrected chi connectivity index (χ2v) is 21.0. The summed E-state index contributed by atoms with van der Waals surface area (Å²) in [5.74, 6) is -1.67. The van der Waals surface area contributed by atoms with Crippen LogP contribution in [0.15, 0.2) is 73.5 Å². The van der Waals surface area contributed by atoms with Gasteiger partial charge in [-0.1, -0.05) is 49.3 Å². The number of hydrogen-bond acceptors (Lipinski definition) is 11. The van der Waals surface area contributed by atoms with Crippen molar-refractivity contribution in [1.82, 2.24) is 19.6 Å². The lowest BCUT2D eigenvalue weighted by atomic mass is 9.86. The molecule has 1 aromatic carbocycles. The van der Waals surface area contributed by atoms with Crippen molar-refractivity contribution in [2.75, 3.05) is 13.2 Å². The molecular weight excluding hydrogens is 833 g/mol. The molecule has 0 unspecified atom stereocenters. The zero-order valence-corrected chi connectivity index (χ0v) is 37.4. The molecule has 340 valence electrons. The first kappa shape index (κ1) is 44.1. The number of rotatable bonds is 12. The minimum atomic E-state index is -3.87. The van der Waals surface area contributed by atoms with Crippen molar-refractivity contribution in [2.45, 2.75) is 133 Å². The lowest BCUT2D eigenvalue weighted by molar-refractivity contribution is -0.156. The van der Waals surface area contributed by atoms with Crippen molar-refractivity contribution >= 4 is 44.5 Å². The van der Waals surface area contributed by atoms with Crippen LogP contribution in [0, 0.1) is 29.1 Å². The molecule has 7 atom stereocenters. The van der Waals surface area contributed by atoms with E-state index in [9.17, 15) is 22.8 Å². The van der Waals surface area contributed by atoms with Crippen LogP contribution in [0.4, 0.5) is 0 Å². The number of nitrogens with zero attached hydrogens (tertiary/aromatic N) is 3. The summed E-state index contributed by atoms with van der Waals surface area (Å²) in [6.45, 7) is 4.30. The standard InChI is InChI=1S/C50H60N4O9S/c1-2-34-29-50(34,49(58)53-64(59,60)37-22-23-37)30-43(55)42-27-36-31-54(42)48(57)40(32-13-6-7-14-32)28-45(56)63-44-21-12-16-33(44)15-4-3-5-19-39-46(61-26-24-35-17-10-11-25-51-35)38-18-8-9-20-41(38)52-47(39)62-36/h2-3,5,8-11,17-18,20,25,32-34,36-37,40,42,44H,1,4,6-7,12-16,19,21-24,26-31H2,(H,53,58)/b5-3+/t33-,34-,36-,40+,42+,44-,50-/m1/s1. The number of nitrogens with one attached hydrogen (secondary N) is 1. The van der Waals surface area contributed by atoms with E-state index in [-0.39, 0.29) is 67.8 Å². The van der Waals surface area contributed by atoms with Crippen molar-refractivity contribution in [2.24, 2.45) is 29.1 Å². The van der Waals surface area contributed by atoms with Gasteiger partial charge in [0.1, 0.15) is 18.0 Å². The highest BCUT2D eigenvalue weighted by Crippen LogP contribution is 2.57. The van der Waals surface area contributed by atoms with Gasteiger partial charge in [0.15, 0.2) is 5.78 Å². The molecule has 14 heteroatoms. The van der Waals surface area contributed by atoms with E-state index < -0.39 is 50.6 Å². The fourth-order valence-electron chi connectivity index (χ4n) is 10.9. The fourth-order valence-corrected chi connectivity index (χ4v) is 12.3. The number of esters is 1. The van der Waals surface area contributed by atoms with E-state index >= 15 is 4.79 Å². The number of ether oxygens (including phenoxy) is 3. The highest BCUT2D eigenvalue weighted by molar-refractivity contribution is 7.90. The van der Waals surface area contributed by atoms with Crippen molar-refractivity contribution in [3.63, 3.8) is 0 Å². The molecule has 9 rings (SSSR count). The predicted octanol–water partition coefficient (Wildman–Crippen LogP) is 7.16. The van der Waals surface area contributed by atoms with Gasteiger partial charge in [-0.05, 0) is 113 Å². The molecule has 0 spiro atoms. The van der Waals surface area contributed by atoms with E-state index in [1.807, 2.05) is 42.5 Å². The Labute approximate surface area is 375 Å². The van der Waals surface area contributed by atoms with Gasteiger partial charge in [0, 0.05) is 36.5 Å². The van der Waals surface area contributed by atoms with Crippen LogP contribution in [0.3, 0.4) is 0 Å². The molecule has 2 aromatic heterocycles. The van der Waals surface area contributed by atoms with Gasteiger partial charge in [-0.3, -0.25) is 28.9 Å². The molecule has 6 aliphatic rings. The Hall–Kier alpha value is -5.11. The number of allylic oxidation sites excluding steroid dienone is 3. The molecule has 1 N–H and O–H groups in total. The molecule has 13 nitrogen and oxygen atoms in total. The van der Waals surface area contributed by atoms with Gasteiger partial charge in [-0.15, -0.1) is 6.58 Å². The molecule has 2 amide bonds. The second-order valence-electron chi connectivity index (χ2n) is 19.0. The molecule has 4 saturated carbocycles.